The van der Waals surface area contributed by atoms with Crippen LogP contribution in [-0.4, -0.2) is 71.7 Å². The van der Waals surface area contributed by atoms with Crippen molar-refractivity contribution >= 4 is 24.4 Å². The van der Waals surface area contributed by atoms with Gasteiger partial charge in [0, 0.05) is 24.6 Å². The van der Waals surface area contributed by atoms with Crippen LogP contribution in [0.15, 0.2) is 36.5 Å². The lowest BCUT2D eigenvalue weighted by Crippen LogP contribution is -2.49. The van der Waals surface area contributed by atoms with E-state index in [1.807, 2.05) is 27.7 Å². The Morgan fingerprint density at radius 1 is 1.15 bits per heavy atom. The highest BCUT2D eigenvalue weighted by Gasteiger charge is 2.52. The normalized spacial score (nSPS) is 22.2. The van der Waals surface area contributed by atoms with Crippen molar-refractivity contribution in [1.82, 2.24) is 9.88 Å². The van der Waals surface area contributed by atoms with Crippen LogP contribution in [0.25, 0.3) is 0 Å². The molecule has 2 aromatic rings. The minimum Gasteiger partial charge on any atom is -0.471 e. The average Bonchev–Trinajstić information content (AvgIpc) is 3.07. The van der Waals surface area contributed by atoms with Crippen LogP contribution >= 0.6 is 0 Å². The van der Waals surface area contributed by atoms with E-state index in [0.717, 1.165) is 12.1 Å². The molecule has 2 N–H and O–H groups in total. The fourth-order valence-corrected chi connectivity index (χ4v) is 4.33. The number of hydrogen-bond acceptors (Lipinski definition) is 7. The molecule has 14 heteroatoms. The topological polar surface area (TPSA) is 113 Å². The summed E-state index contributed by atoms with van der Waals surface area (Å²) in [5.41, 5.74) is 5.17. The molecule has 9 nitrogen and oxygen atoms in total. The molecule has 2 aliphatic rings. The van der Waals surface area contributed by atoms with Crippen molar-refractivity contribution in [2.75, 3.05) is 13.1 Å². The van der Waals surface area contributed by atoms with Crippen LogP contribution in [-0.2, 0) is 20.5 Å². The zero-order valence-corrected chi connectivity index (χ0v) is 22.5. The molecule has 1 aromatic carbocycles. The first-order valence-electron chi connectivity index (χ1n) is 12.6. The molecule has 4 rings (SSSR count). The van der Waals surface area contributed by atoms with Gasteiger partial charge >= 0.3 is 13.5 Å². The number of likely N-dealkylation sites (tertiary alicyclic amines) is 1. The van der Waals surface area contributed by atoms with Crippen LogP contribution in [0.3, 0.4) is 0 Å². The maximum absolute atomic E-state index is 15.1. The number of rotatable bonds is 7. The summed E-state index contributed by atoms with van der Waals surface area (Å²) in [5, 5.41) is 0. The van der Waals surface area contributed by atoms with E-state index < -0.39 is 54.5 Å². The Morgan fingerprint density at radius 2 is 1.77 bits per heavy atom. The van der Waals surface area contributed by atoms with Gasteiger partial charge in [0.05, 0.1) is 24.2 Å². The first kappa shape index (κ1) is 29.6. The highest BCUT2D eigenvalue weighted by Crippen LogP contribution is 2.36. The standard InChI is InChI=1S/C26H30BF4N3O6/c1-24(2)25(3,4)40-27(39-24)16-12-18(22(32)36)23(33-13-16)37-20-9-10-34(14-19(20)28)21(35)11-15-5-7-17(8-6-15)38-26(29,30)31/h5-8,12-13,19-20H,9-11,14H2,1-4H3,(H2,32,36)/t19-,20-/m1/s1. The van der Waals surface area contributed by atoms with Gasteiger partial charge in [0.1, 0.15) is 17.4 Å². The van der Waals surface area contributed by atoms with E-state index in [-0.39, 0.29) is 37.4 Å². The van der Waals surface area contributed by atoms with Crippen molar-refractivity contribution in [3.63, 3.8) is 0 Å². The zero-order chi connectivity index (χ0) is 29.5. The predicted molar refractivity (Wildman–Crippen MR) is 136 cm³/mol. The summed E-state index contributed by atoms with van der Waals surface area (Å²) in [6, 6.07) is 6.34. The summed E-state index contributed by atoms with van der Waals surface area (Å²) >= 11 is 0. The van der Waals surface area contributed by atoms with Crippen molar-refractivity contribution in [1.29, 1.82) is 0 Å². The number of carbonyl (C=O) groups excluding carboxylic acids is 2. The summed E-state index contributed by atoms with van der Waals surface area (Å²) < 4.78 is 73.6. The Bertz CT molecular complexity index is 1240. The number of primary amides is 1. The fourth-order valence-electron chi connectivity index (χ4n) is 4.33. The molecule has 3 heterocycles. The summed E-state index contributed by atoms with van der Waals surface area (Å²) in [7, 11) is -0.791. The lowest BCUT2D eigenvalue weighted by molar-refractivity contribution is -0.274. The summed E-state index contributed by atoms with van der Waals surface area (Å²) in [4.78, 5) is 30.4. The SMILES string of the molecule is CC1(C)OB(c2cnc(O[C@@H]3CCN(C(=O)Cc4ccc(OC(F)(F)F)cc4)C[C@H]3F)c(C(N)=O)c2)OC1(C)C. The summed E-state index contributed by atoms with van der Waals surface area (Å²) in [6.45, 7) is 7.43. The summed E-state index contributed by atoms with van der Waals surface area (Å²) in [5.74, 6) is -1.76. The summed E-state index contributed by atoms with van der Waals surface area (Å²) in [6.07, 6.45) is -5.99. The Kier molecular flexibility index (Phi) is 8.05. The van der Waals surface area contributed by atoms with Gasteiger partial charge < -0.3 is 29.4 Å². The van der Waals surface area contributed by atoms with Gasteiger partial charge in [-0.05, 0) is 51.5 Å². The van der Waals surface area contributed by atoms with Gasteiger partial charge in [0.25, 0.3) is 5.91 Å². The number of nitrogens with zero attached hydrogens (tertiary/aromatic N) is 2. The monoisotopic (exact) mass is 567 g/mol. The van der Waals surface area contributed by atoms with Gasteiger partial charge in [-0.3, -0.25) is 9.59 Å². The molecule has 0 unspecified atom stereocenters. The molecule has 0 bridgehead atoms. The molecule has 2 amide bonds. The first-order chi connectivity index (χ1) is 18.5. The van der Waals surface area contributed by atoms with E-state index in [1.165, 1.54) is 29.3 Å². The number of aromatic nitrogens is 1. The third-order valence-corrected chi connectivity index (χ3v) is 7.27. The number of benzene rings is 1. The third kappa shape index (κ3) is 6.66. The van der Waals surface area contributed by atoms with E-state index >= 15 is 4.39 Å². The van der Waals surface area contributed by atoms with E-state index in [1.54, 1.807) is 0 Å². The maximum Gasteiger partial charge on any atom is 0.573 e. The Hall–Kier alpha value is -3.39. The molecule has 216 valence electrons. The van der Waals surface area contributed by atoms with E-state index in [9.17, 15) is 22.8 Å². The number of piperidine rings is 1. The van der Waals surface area contributed by atoms with Crippen molar-refractivity contribution in [2.45, 2.75) is 70.4 Å². The second kappa shape index (κ2) is 10.9. The molecule has 0 aliphatic carbocycles. The van der Waals surface area contributed by atoms with Gasteiger partial charge in [-0.15, -0.1) is 13.2 Å². The van der Waals surface area contributed by atoms with E-state index in [2.05, 4.69) is 9.72 Å². The number of alkyl halides is 4. The second-order valence-electron chi connectivity index (χ2n) is 10.7. The predicted octanol–water partition coefficient (Wildman–Crippen LogP) is 2.94. The highest BCUT2D eigenvalue weighted by molar-refractivity contribution is 6.62. The van der Waals surface area contributed by atoms with Crippen LogP contribution in [0, 0.1) is 0 Å². The molecule has 2 atom stereocenters. The quantitative estimate of drug-likeness (QED) is 0.405. The van der Waals surface area contributed by atoms with Crippen molar-refractivity contribution in [3.05, 3.63) is 47.7 Å². The van der Waals surface area contributed by atoms with Crippen LogP contribution in [0.4, 0.5) is 17.6 Å². The average molecular weight is 567 g/mol. The van der Waals surface area contributed by atoms with Gasteiger partial charge in [-0.1, -0.05) is 12.1 Å². The number of carbonyl (C=O) groups is 2. The molecule has 0 saturated carbocycles. The molecule has 1 aromatic heterocycles. The van der Waals surface area contributed by atoms with Crippen molar-refractivity contribution in [2.24, 2.45) is 5.73 Å². The number of ether oxygens (including phenoxy) is 2. The smallest absolute Gasteiger partial charge is 0.471 e. The van der Waals surface area contributed by atoms with Crippen LogP contribution in [0.5, 0.6) is 11.6 Å². The fraction of sp³-hybridized carbons (Fsp3) is 0.500. The maximum atomic E-state index is 15.1. The van der Waals surface area contributed by atoms with E-state index in [0.29, 0.717) is 11.0 Å². The number of pyridine rings is 1. The van der Waals surface area contributed by atoms with Gasteiger partial charge in [0.15, 0.2) is 6.17 Å². The molecule has 0 spiro atoms. The van der Waals surface area contributed by atoms with E-state index in [4.69, 9.17) is 19.8 Å². The molecular formula is C26H30BF4N3O6. The molecular weight excluding hydrogens is 537 g/mol. The highest BCUT2D eigenvalue weighted by atomic mass is 19.4. The molecule has 40 heavy (non-hydrogen) atoms. The number of amides is 2. The third-order valence-electron chi connectivity index (χ3n) is 7.27. The molecule has 2 saturated heterocycles. The molecule has 0 radical (unpaired) electrons. The van der Waals surface area contributed by atoms with Crippen molar-refractivity contribution in [3.8, 4) is 11.6 Å². The van der Waals surface area contributed by atoms with Crippen LogP contribution < -0.4 is 20.7 Å². The lowest BCUT2D eigenvalue weighted by Gasteiger charge is -2.34. The second-order valence-corrected chi connectivity index (χ2v) is 10.7. The minimum atomic E-state index is -4.82. The Morgan fingerprint density at radius 3 is 2.33 bits per heavy atom. The molecule has 2 fully saturated rings. The Balaban J connectivity index is 1.37. The van der Waals surface area contributed by atoms with Gasteiger partial charge in [0.2, 0.25) is 11.8 Å². The first-order valence-corrected chi connectivity index (χ1v) is 12.6. The van der Waals surface area contributed by atoms with Gasteiger partial charge in [-0.25, -0.2) is 9.37 Å². The van der Waals surface area contributed by atoms with Crippen LogP contribution in [0.1, 0.15) is 50.0 Å². The van der Waals surface area contributed by atoms with Crippen molar-refractivity contribution < 1.29 is 45.9 Å². The largest absolute Gasteiger partial charge is 0.573 e. The van der Waals surface area contributed by atoms with Crippen LogP contribution in [0.2, 0.25) is 0 Å². The number of halogens is 4. The molecule has 2 aliphatic heterocycles. The Labute approximate surface area is 229 Å². The lowest BCUT2D eigenvalue weighted by atomic mass is 9.79. The number of hydrogen-bond donors (Lipinski definition) is 1. The van der Waals surface area contributed by atoms with Gasteiger partial charge in [-0.2, -0.15) is 0 Å². The number of nitrogens with two attached hydrogens (primary N) is 1. The minimum absolute atomic E-state index is 0.0594. The zero-order valence-electron chi connectivity index (χ0n) is 22.5.